The highest BCUT2D eigenvalue weighted by Gasteiger charge is 2.28. The van der Waals surface area contributed by atoms with E-state index in [4.69, 9.17) is 0 Å². The lowest BCUT2D eigenvalue weighted by Crippen LogP contribution is -2.20. The van der Waals surface area contributed by atoms with Crippen LogP contribution in [0.25, 0.3) is 5.69 Å². The summed E-state index contributed by atoms with van der Waals surface area (Å²) in [5.41, 5.74) is 3.88. The van der Waals surface area contributed by atoms with Crippen molar-refractivity contribution in [3.8, 4) is 11.8 Å². The summed E-state index contributed by atoms with van der Waals surface area (Å²) < 4.78 is 0. The van der Waals surface area contributed by atoms with Gasteiger partial charge in [-0.25, -0.2) is 0 Å². The Morgan fingerprint density at radius 1 is 1.08 bits per heavy atom. The van der Waals surface area contributed by atoms with E-state index < -0.39 is 0 Å². The summed E-state index contributed by atoms with van der Waals surface area (Å²) >= 11 is 0. The highest BCUT2D eigenvalue weighted by molar-refractivity contribution is 5.52. The first-order valence-electron chi connectivity index (χ1n) is 9.05. The molecule has 0 bridgehead atoms. The van der Waals surface area contributed by atoms with Crippen LogP contribution in [0.15, 0.2) is 54.6 Å². The second kappa shape index (κ2) is 7.01. The van der Waals surface area contributed by atoms with E-state index in [0.29, 0.717) is 17.4 Å². The van der Waals surface area contributed by atoms with Crippen LogP contribution in [0.2, 0.25) is 0 Å². The first-order valence-corrected chi connectivity index (χ1v) is 9.05. The quantitative estimate of drug-likeness (QED) is 0.725. The van der Waals surface area contributed by atoms with Crippen molar-refractivity contribution >= 4 is 5.82 Å². The zero-order valence-corrected chi connectivity index (χ0v) is 14.8. The van der Waals surface area contributed by atoms with E-state index in [1.54, 1.807) is 4.80 Å². The standard InChI is InChI=1S/C21H21N5/c1-2-16-8-10-19(11-9-16)26-23-20(14-22)21(24-26)25-13-12-18(15-25)17-6-4-3-5-7-17/h3-11,18H,2,12-13,15H2,1H3. The molecule has 1 fully saturated rings. The van der Waals surface area contributed by atoms with Gasteiger partial charge in [-0.15, -0.1) is 15.0 Å². The first kappa shape index (κ1) is 16.3. The molecule has 1 unspecified atom stereocenters. The maximum atomic E-state index is 9.51. The van der Waals surface area contributed by atoms with Gasteiger partial charge in [0.1, 0.15) is 6.07 Å². The Morgan fingerprint density at radius 2 is 1.85 bits per heavy atom. The molecule has 0 amide bonds. The summed E-state index contributed by atoms with van der Waals surface area (Å²) in [6.07, 6.45) is 2.06. The van der Waals surface area contributed by atoms with Crippen LogP contribution in [-0.4, -0.2) is 28.1 Å². The van der Waals surface area contributed by atoms with E-state index in [2.05, 4.69) is 64.5 Å². The van der Waals surface area contributed by atoms with Crippen molar-refractivity contribution in [2.24, 2.45) is 0 Å². The minimum absolute atomic E-state index is 0.387. The SMILES string of the molecule is CCc1ccc(-n2nc(C#N)c(N3CCC(c4ccccc4)C3)n2)cc1. The maximum absolute atomic E-state index is 9.51. The van der Waals surface area contributed by atoms with Crippen LogP contribution in [0.5, 0.6) is 0 Å². The average Bonchev–Trinajstić information content (AvgIpc) is 3.35. The fourth-order valence-electron chi connectivity index (χ4n) is 3.51. The first-order chi connectivity index (χ1) is 12.8. The number of hydrogen-bond acceptors (Lipinski definition) is 4. The number of anilines is 1. The van der Waals surface area contributed by atoms with Crippen LogP contribution < -0.4 is 4.90 Å². The van der Waals surface area contributed by atoms with Gasteiger partial charge in [0.2, 0.25) is 5.69 Å². The van der Waals surface area contributed by atoms with Gasteiger partial charge in [-0.3, -0.25) is 0 Å². The Morgan fingerprint density at radius 3 is 2.54 bits per heavy atom. The van der Waals surface area contributed by atoms with Gasteiger partial charge in [0, 0.05) is 19.0 Å². The third kappa shape index (κ3) is 3.06. The van der Waals surface area contributed by atoms with Crippen molar-refractivity contribution in [1.82, 2.24) is 15.0 Å². The smallest absolute Gasteiger partial charge is 0.207 e. The number of benzene rings is 2. The zero-order valence-electron chi connectivity index (χ0n) is 14.8. The molecule has 2 aromatic carbocycles. The van der Waals surface area contributed by atoms with Gasteiger partial charge < -0.3 is 4.90 Å². The third-order valence-electron chi connectivity index (χ3n) is 5.04. The van der Waals surface area contributed by atoms with Gasteiger partial charge in [-0.05, 0) is 36.1 Å². The fraction of sp³-hybridized carbons (Fsp3) is 0.286. The van der Waals surface area contributed by atoms with Crippen molar-refractivity contribution in [2.45, 2.75) is 25.7 Å². The highest BCUT2D eigenvalue weighted by Crippen LogP contribution is 2.31. The largest absolute Gasteiger partial charge is 0.352 e. The number of hydrogen-bond donors (Lipinski definition) is 0. The Hall–Kier alpha value is -3.13. The van der Waals surface area contributed by atoms with Crippen LogP contribution >= 0.6 is 0 Å². The molecule has 26 heavy (non-hydrogen) atoms. The number of nitrogens with zero attached hydrogens (tertiary/aromatic N) is 5. The molecular formula is C21H21N5. The van der Waals surface area contributed by atoms with Crippen molar-refractivity contribution in [3.05, 3.63) is 71.4 Å². The predicted molar refractivity (Wildman–Crippen MR) is 101 cm³/mol. The van der Waals surface area contributed by atoms with Gasteiger partial charge in [-0.2, -0.15) is 5.26 Å². The molecule has 2 heterocycles. The Kier molecular flexibility index (Phi) is 4.40. The summed E-state index contributed by atoms with van der Waals surface area (Å²) in [5, 5.41) is 18.5. The highest BCUT2D eigenvalue weighted by atomic mass is 15.5. The van der Waals surface area contributed by atoms with Crippen molar-refractivity contribution in [3.63, 3.8) is 0 Å². The number of aryl methyl sites for hydroxylation is 1. The van der Waals surface area contributed by atoms with Crippen LogP contribution in [0.1, 0.15) is 36.1 Å². The molecule has 0 aliphatic carbocycles. The molecule has 1 aliphatic rings. The third-order valence-corrected chi connectivity index (χ3v) is 5.04. The molecule has 4 rings (SSSR count). The zero-order chi connectivity index (χ0) is 17.9. The normalized spacial score (nSPS) is 16.6. The molecule has 0 spiro atoms. The lowest BCUT2D eigenvalue weighted by molar-refractivity contribution is 0.740. The van der Waals surface area contributed by atoms with Crippen LogP contribution in [0.3, 0.4) is 0 Å². The number of nitriles is 1. The Labute approximate surface area is 153 Å². The summed E-state index contributed by atoms with van der Waals surface area (Å²) in [6, 6.07) is 20.9. The van der Waals surface area contributed by atoms with E-state index in [9.17, 15) is 5.26 Å². The van der Waals surface area contributed by atoms with Crippen LogP contribution in [-0.2, 0) is 6.42 Å². The van der Waals surface area contributed by atoms with Gasteiger partial charge in [-0.1, -0.05) is 49.4 Å². The molecule has 0 radical (unpaired) electrons. The van der Waals surface area contributed by atoms with Gasteiger partial charge in [0.25, 0.3) is 0 Å². The minimum Gasteiger partial charge on any atom is -0.352 e. The molecular weight excluding hydrogens is 322 g/mol. The van der Waals surface area contributed by atoms with E-state index in [1.807, 2.05) is 18.2 Å². The van der Waals surface area contributed by atoms with Gasteiger partial charge >= 0.3 is 0 Å². The molecule has 130 valence electrons. The summed E-state index contributed by atoms with van der Waals surface area (Å²) in [6.45, 7) is 3.89. The van der Waals surface area contributed by atoms with Crippen LogP contribution in [0, 0.1) is 11.3 Å². The molecule has 1 atom stereocenters. The second-order valence-electron chi connectivity index (χ2n) is 6.64. The van der Waals surface area contributed by atoms with Gasteiger partial charge in [0.05, 0.1) is 5.69 Å². The Balaban J connectivity index is 1.59. The maximum Gasteiger partial charge on any atom is 0.207 e. The second-order valence-corrected chi connectivity index (χ2v) is 6.64. The van der Waals surface area contributed by atoms with Crippen molar-refractivity contribution in [2.75, 3.05) is 18.0 Å². The molecule has 1 saturated heterocycles. The lowest BCUT2D eigenvalue weighted by Gasteiger charge is -2.15. The lowest BCUT2D eigenvalue weighted by atomic mass is 9.99. The Bertz CT molecular complexity index is 921. The van der Waals surface area contributed by atoms with E-state index in [-0.39, 0.29) is 0 Å². The topological polar surface area (TPSA) is 57.7 Å². The minimum atomic E-state index is 0.387. The summed E-state index contributed by atoms with van der Waals surface area (Å²) in [4.78, 5) is 3.75. The fourth-order valence-corrected chi connectivity index (χ4v) is 3.51. The van der Waals surface area contributed by atoms with E-state index >= 15 is 0 Å². The number of aromatic nitrogens is 3. The van der Waals surface area contributed by atoms with Crippen molar-refractivity contribution < 1.29 is 0 Å². The molecule has 1 aromatic heterocycles. The van der Waals surface area contributed by atoms with Gasteiger partial charge in [0.15, 0.2) is 5.82 Å². The summed E-state index contributed by atoms with van der Waals surface area (Å²) in [5.74, 6) is 1.15. The molecule has 0 N–H and O–H groups in total. The molecule has 5 nitrogen and oxygen atoms in total. The number of rotatable bonds is 4. The predicted octanol–water partition coefficient (Wildman–Crippen LogP) is 3.70. The molecule has 5 heteroatoms. The average molecular weight is 343 g/mol. The molecule has 1 aliphatic heterocycles. The monoisotopic (exact) mass is 343 g/mol. The molecule has 3 aromatic rings. The summed E-state index contributed by atoms with van der Waals surface area (Å²) in [7, 11) is 0. The van der Waals surface area contributed by atoms with E-state index in [1.165, 1.54) is 11.1 Å². The van der Waals surface area contributed by atoms with Crippen molar-refractivity contribution in [1.29, 1.82) is 5.26 Å². The van der Waals surface area contributed by atoms with E-state index in [0.717, 1.165) is 31.6 Å². The molecule has 0 saturated carbocycles. The van der Waals surface area contributed by atoms with Crippen LogP contribution in [0.4, 0.5) is 5.82 Å².